The van der Waals surface area contributed by atoms with Gasteiger partial charge in [-0.3, -0.25) is 4.79 Å². The number of aliphatic carboxylic acids is 1. The van der Waals surface area contributed by atoms with Gasteiger partial charge in [0.1, 0.15) is 0 Å². The van der Waals surface area contributed by atoms with Gasteiger partial charge in [0.2, 0.25) is 0 Å². The van der Waals surface area contributed by atoms with E-state index >= 15 is 0 Å². The van der Waals surface area contributed by atoms with Gasteiger partial charge in [0.15, 0.2) is 0 Å². The summed E-state index contributed by atoms with van der Waals surface area (Å²) < 4.78 is 0. The first kappa shape index (κ1) is 14.7. The lowest BCUT2D eigenvalue weighted by Gasteiger charge is -2.18. The molecule has 6 nitrogen and oxygen atoms in total. The number of carboxylic acid groups (broad SMARTS) is 1. The maximum atomic E-state index is 11.3. The summed E-state index contributed by atoms with van der Waals surface area (Å²) in [5.41, 5.74) is 0. The molecule has 94 valence electrons. The summed E-state index contributed by atoms with van der Waals surface area (Å²) in [4.78, 5) is 23.9. The minimum Gasteiger partial charge on any atom is -0.481 e. The van der Waals surface area contributed by atoms with Crippen LogP contribution in [0, 0.1) is 5.92 Å². The number of carbonyl (C=O) groups is 2. The highest BCUT2D eigenvalue weighted by atomic mass is 16.4. The molecule has 0 saturated heterocycles. The van der Waals surface area contributed by atoms with E-state index in [1.807, 2.05) is 19.0 Å². The number of urea groups is 1. The van der Waals surface area contributed by atoms with Crippen LogP contribution in [0.5, 0.6) is 0 Å². The van der Waals surface area contributed by atoms with Crippen molar-refractivity contribution in [1.82, 2.24) is 15.5 Å². The van der Waals surface area contributed by atoms with E-state index in [1.54, 1.807) is 13.8 Å². The molecule has 2 amide bonds. The molecule has 6 heteroatoms. The third-order valence-electron chi connectivity index (χ3n) is 2.34. The van der Waals surface area contributed by atoms with E-state index in [1.165, 1.54) is 0 Å². The molecular formula is C10H21N3O3. The van der Waals surface area contributed by atoms with Crippen LogP contribution in [0.2, 0.25) is 0 Å². The Hall–Kier alpha value is -1.30. The Morgan fingerprint density at radius 3 is 2.31 bits per heavy atom. The van der Waals surface area contributed by atoms with Crippen molar-refractivity contribution in [1.29, 1.82) is 0 Å². The number of nitrogens with one attached hydrogen (secondary N) is 2. The van der Waals surface area contributed by atoms with Crippen molar-refractivity contribution in [3.05, 3.63) is 0 Å². The maximum absolute atomic E-state index is 11.3. The minimum atomic E-state index is -0.916. The highest BCUT2D eigenvalue weighted by Crippen LogP contribution is 2.01. The van der Waals surface area contributed by atoms with E-state index in [9.17, 15) is 9.59 Å². The molecular weight excluding hydrogens is 210 g/mol. The van der Waals surface area contributed by atoms with E-state index in [2.05, 4.69) is 10.6 Å². The second kappa shape index (κ2) is 7.05. The Balaban J connectivity index is 3.82. The quantitative estimate of drug-likeness (QED) is 0.599. The first-order valence-corrected chi connectivity index (χ1v) is 5.26. The van der Waals surface area contributed by atoms with Crippen molar-refractivity contribution in [2.75, 3.05) is 27.2 Å². The normalized spacial score (nSPS) is 14.3. The third-order valence-corrected chi connectivity index (χ3v) is 2.34. The molecule has 0 saturated carbocycles. The lowest BCUT2D eigenvalue weighted by atomic mass is 10.0. The zero-order valence-electron chi connectivity index (χ0n) is 10.3. The number of amides is 2. The van der Waals surface area contributed by atoms with Crippen LogP contribution >= 0.6 is 0 Å². The van der Waals surface area contributed by atoms with Gasteiger partial charge in [-0.25, -0.2) is 4.79 Å². The van der Waals surface area contributed by atoms with Crippen molar-refractivity contribution >= 4 is 12.0 Å². The zero-order chi connectivity index (χ0) is 12.7. The Bertz CT molecular complexity index is 243. The molecule has 0 rings (SSSR count). The molecule has 0 aliphatic carbocycles. The molecule has 0 heterocycles. The smallest absolute Gasteiger partial charge is 0.315 e. The van der Waals surface area contributed by atoms with Crippen LogP contribution in [-0.2, 0) is 4.79 Å². The monoisotopic (exact) mass is 231 g/mol. The molecule has 16 heavy (non-hydrogen) atoms. The summed E-state index contributed by atoms with van der Waals surface area (Å²) in [6.07, 6.45) is 0. The van der Waals surface area contributed by atoms with Crippen LogP contribution in [0.3, 0.4) is 0 Å². The summed E-state index contributed by atoms with van der Waals surface area (Å²) in [5.74, 6) is -1.51. The molecule has 0 aromatic heterocycles. The van der Waals surface area contributed by atoms with Gasteiger partial charge in [0.25, 0.3) is 0 Å². The highest BCUT2D eigenvalue weighted by Gasteiger charge is 2.20. The Morgan fingerprint density at radius 2 is 1.88 bits per heavy atom. The fraction of sp³-hybridized carbons (Fsp3) is 0.800. The molecule has 3 N–H and O–H groups in total. The van der Waals surface area contributed by atoms with Crippen LogP contribution < -0.4 is 10.6 Å². The summed E-state index contributed by atoms with van der Waals surface area (Å²) in [6, 6.07) is -0.723. The average molecular weight is 231 g/mol. The molecule has 0 aromatic carbocycles. The van der Waals surface area contributed by atoms with Gasteiger partial charge in [-0.2, -0.15) is 0 Å². The molecule has 0 aliphatic heterocycles. The van der Waals surface area contributed by atoms with Gasteiger partial charge >= 0.3 is 12.0 Å². The van der Waals surface area contributed by atoms with E-state index in [4.69, 9.17) is 5.11 Å². The molecule has 0 fully saturated rings. The standard InChI is InChI=1S/C10H21N3O3/c1-7(9(14)15)8(2)12-10(16)11-5-6-13(3)4/h7-8H,5-6H2,1-4H3,(H,14,15)(H2,11,12,16). The second-order valence-corrected chi connectivity index (χ2v) is 4.12. The van der Waals surface area contributed by atoms with Crippen LogP contribution in [0.15, 0.2) is 0 Å². The van der Waals surface area contributed by atoms with E-state index in [-0.39, 0.29) is 6.03 Å². The van der Waals surface area contributed by atoms with Crippen LogP contribution in [0.4, 0.5) is 4.79 Å². The van der Waals surface area contributed by atoms with Gasteiger partial charge < -0.3 is 20.6 Å². The topological polar surface area (TPSA) is 81.7 Å². The van der Waals surface area contributed by atoms with Crippen LogP contribution in [0.25, 0.3) is 0 Å². The number of hydrogen-bond donors (Lipinski definition) is 3. The predicted molar refractivity (Wildman–Crippen MR) is 61.4 cm³/mol. The Kier molecular flexibility index (Phi) is 6.48. The minimum absolute atomic E-state index is 0.331. The molecule has 2 atom stereocenters. The lowest BCUT2D eigenvalue weighted by Crippen LogP contribution is -2.46. The molecule has 0 bridgehead atoms. The van der Waals surface area contributed by atoms with Crippen molar-refractivity contribution in [2.45, 2.75) is 19.9 Å². The first-order chi connectivity index (χ1) is 7.34. The summed E-state index contributed by atoms with van der Waals surface area (Å²) >= 11 is 0. The lowest BCUT2D eigenvalue weighted by molar-refractivity contribution is -0.141. The first-order valence-electron chi connectivity index (χ1n) is 5.26. The summed E-state index contributed by atoms with van der Waals surface area (Å²) in [5, 5.41) is 14.0. The van der Waals surface area contributed by atoms with Crippen molar-refractivity contribution in [3.8, 4) is 0 Å². The number of likely N-dealkylation sites (N-methyl/N-ethyl adjacent to an activating group) is 1. The highest BCUT2D eigenvalue weighted by molar-refractivity contribution is 5.76. The van der Waals surface area contributed by atoms with E-state index < -0.39 is 17.9 Å². The van der Waals surface area contributed by atoms with Gasteiger partial charge in [-0.1, -0.05) is 0 Å². The molecule has 0 aliphatic rings. The molecule has 2 unspecified atom stereocenters. The third kappa shape index (κ3) is 6.23. The Morgan fingerprint density at radius 1 is 1.31 bits per heavy atom. The largest absolute Gasteiger partial charge is 0.481 e. The summed E-state index contributed by atoms with van der Waals surface area (Å²) in [6.45, 7) is 4.51. The fourth-order valence-electron chi connectivity index (χ4n) is 0.990. The number of hydrogen-bond acceptors (Lipinski definition) is 3. The van der Waals surface area contributed by atoms with E-state index in [0.717, 1.165) is 6.54 Å². The average Bonchev–Trinajstić information content (AvgIpc) is 2.15. The summed E-state index contributed by atoms with van der Waals surface area (Å²) in [7, 11) is 3.82. The van der Waals surface area contributed by atoms with Crippen molar-refractivity contribution in [3.63, 3.8) is 0 Å². The van der Waals surface area contributed by atoms with Crippen molar-refractivity contribution in [2.24, 2.45) is 5.92 Å². The van der Waals surface area contributed by atoms with Crippen molar-refractivity contribution < 1.29 is 14.7 Å². The predicted octanol–water partition coefficient (Wildman–Crippen LogP) is -0.0436. The van der Waals surface area contributed by atoms with Gasteiger partial charge in [-0.05, 0) is 27.9 Å². The molecule has 0 aromatic rings. The molecule has 0 radical (unpaired) electrons. The van der Waals surface area contributed by atoms with Crippen LogP contribution in [0.1, 0.15) is 13.8 Å². The Labute approximate surface area is 96.0 Å². The number of nitrogens with zero attached hydrogens (tertiary/aromatic N) is 1. The van der Waals surface area contributed by atoms with Gasteiger partial charge in [0, 0.05) is 19.1 Å². The number of carbonyl (C=O) groups excluding carboxylic acids is 1. The second-order valence-electron chi connectivity index (χ2n) is 4.12. The zero-order valence-corrected chi connectivity index (χ0v) is 10.3. The van der Waals surface area contributed by atoms with Gasteiger partial charge in [0.05, 0.1) is 5.92 Å². The number of rotatable bonds is 6. The fourth-order valence-corrected chi connectivity index (χ4v) is 0.990. The maximum Gasteiger partial charge on any atom is 0.315 e. The van der Waals surface area contributed by atoms with Crippen LogP contribution in [-0.4, -0.2) is 55.2 Å². The van der Waals surface area contributed by atoms with Gasteiger partial charge in [-0.15, -0.1) is 0 Å². The number of carboxylic acids is 1. The molecule has 0 spiro atoms. The van der Waals surface area contributed by atoms with E-state index in [0.29, 0.717) is 6.54 Å². The SMILES string of the molecule is CC(NC(=O)NCCN(C)C)C(C)C(=O)O.